The maximum atomic E-state index is 12.3. The molecular weight excluding hydrogens is 464 g/mol. The number of nitrogens with zero attached hydrogens (tertiary/aromatic N) is 4. The van der Waals surface area contributed by atoms with Gasteiger partial charge in [0, 0.05) is 18.6 Å². The fraction of sp³-hybridized carbons (Fsp3) is 0.400. The number of nitrogens with two attached hydrogens (primary N) is 2. The molecule has 2 aliphatic rings. The summed E-state index contributed by atoms with van der Waals surface area (Å²) in [6.07, 6.45) is 3.45. The van der Waals surface area contributed by atoms with Crippen LogP contribution in [-0.2, 0) is 9.59 Å². The van der Waals surface area contributed by atoms with Crippen LogP contribution in [0, 0.1) is 22.7 Å². The third kappa shape index (κ3) is 6.10. The van der Waals surface area contributed by atoms with Gasteiger partial charge < -0.3 is 21.5 Å². The summed E-state index contributed by atoms with van der Waals surface area (Å²) in [6, 6.07) is 13.9. The van der Waals surface area contributed by atoms with E-state index in [0.717, 1.165) is 36.8 Å². The number of rotatable bonds is 6. The Morgan fingerprint density at radius 1 is 1.23 bits per heavy atom. The molecule has 0 bridgehead atoms. The highest BCUT2D eigenvalue weighted by atomic mass is 32.2. The molecule has 1 aromatic carbocycles. The van der Waals surface area contributed by atoms with Crippen molar-refractivity contribution in [1.29, 1.82) is 10.5 Å². The summed E-state index contributed by atoms with van der Waals surface area (Å²) in [5, 5.41) is 26.7. The first-order valence-electron chi connectivity index (χ1n) is 11.3. The van der Waals surface area contributed by atoms with Gasteiger partial charge >= 0.3 is 0 Å². The molecule has 1 aromatic heterocycles. The van der Waals surface area contributed by atoms with Gasteiger partial charge in [0.2, 0.25) is 5.91 Å². The summed E-state index contributed by atoms with van der Waals surface area (Å²) in [6.45, 7) is 3.16. The lowest BCUT2D eigenvalue weighted by Gasteiger charge is -2.38. The topological polar surface area (TPSA) is 170 Å². The molecule has 1 unspecified atom stereocenters. The number of carbonyl (C=O) groups excluding carboxylic acids is 1. The number of carbonyl (C=O) groups is 2. The molecule has 9 nitrogen and oxygen atoms in total. The van der Waals surface area contributed by atoms with E-state index in [-0.39, 0.29) is 17.9 Å². The first-order chi connectivity index (χ1) is 16.8. The number of anilines is 1. The van der Waals surface area contributed by atoms with Gasteiger partial charge in [-0.15, -0.1) is 0 Å². The molecule has 5 N–H and O–H groups in total. The molecule has 35 heavy (non-hydrogen) atoms. The molecule has 10 heteroatoms. The van der Waals surface area contributed by atoms with Crippen LogP contribution in [0.4, 0.5) is 5.82 Å². The summed E-state index contributed by atoms with van der Waals surface area (Å²) >= 11 is 1.19. The number of hydrogen-bond donors (Lipinski definition) is 3. The molecule has 1 aliphatic heterocycles. The van der Waals surface area contributed by atoms with Crippen molar-refractivity contribution >= 4 is 30.0 Å². The molecule has 182 valence electrons. The number of pyridine rings is 1. The molecule has 0 radical (unpaired) electrons. The standard InChI is InChI=1S/C24H26N6OS.CH2O2/c1-24(28)9-11-30(12-10-24)22-17(13-25)19(15-7-8-15)18(14-26)23(29-22)32-20(21(27)31)16-5-3-2-4-6-16;2-1-3/h2-6,15,20H,7-12,28H2,1H3,(H2,27,31);1H,(H,2,3). The molecule has 1 saturated heterocycles. The zero-order valence-electron chi connectivity index (χ0n) is 19.5. The van der Waals surface area contributed by atoms with Crippen LogP contribution in [0.25, 0.3) is 0 Å². The predicted octanol–water partition coefficient (Wildman–Crippen LogP) is 3.04. The normalized spacial score (nSPS) is 17.2. The van der Waals surface area contributed by atoms with Crippen molar-refractivity contribution < 1.29 is 14.7 Å². The van der Waals surface area contributed by atoms with E-state index in [2.05, 4.69) is 17.0 Å². The Morgan fingerprint density at radius 2 is 1.80 bits per heavy atom. The summed E-state index contributed by atoms with van der Waals surface area (Å²) in [5.74, 6) is 0.263. The van der Waals surface area contributed by atoms with Gasteiger partial charge in [0.1, 0.15) is 28.2 Å². The summed E-state index contributed by atoms with van der Waals surface area (Å²) in [5.41, 5.74) is 14.2. The minimum absolute atomic E-state index is 0.175. The lowest BCUT2D eigenvalue weighted by atomic mass is 9.90. The summed E-state index contributed by atoms with van der Waals surface area (Å²) in [4.78, 5) is 27.6. The van der Waals surface area contributed by atoms with Gasteiger partial charge in [-0.05, 0) is 49.7 Å². The minimum atomic E-state index is -0.683. The van der Waals surface area contributed by atoms with Crippen molar-refractivity contribution in [3.05, 3.63) is 52.6 Å². The third-order valence-corrected chi connectivity index (χ3v) is 7.45. The Balaban J connectivity index is 0.00000108. The van der Waals surface area contributed by atoms with Crippen LogP contribution < -0.4 is 16.4 Å². The highest BCUT2D eigenvalue weighted by molar-refractivity contribution is 8.00. The Bertz CT molecular complexity index is 1160. The second-order valence-electron chi connectivity index (χ2n) is 8.96. The average molecular weight is 493 g/mol. The maximum absolute atomic E-state index is 12.3. The highest BCUT2D eigenvalue weighted by Crippen LogP contribution is 2.48. The van der Waals surface area contributed by atoms with Crippen molar-refractivity contribution in [2.24, 2.45) is 11.5 Å². The summed E-state index contributed by atoms with van der Waals surface area (Å²) < 4.78 is 0. The van der Waals surface area contributed by atoms with Gasteiger partial charge in [0.15, 0.2) is 0 Å². The van der Waals surface area contributed by atoms with Crippen LogP contribution in [0.2, 0.25) is 0 Å². The predicted molar refractivity (Wildman–Crippen MR) is 133 cm³/mol. The van der Waals surface area contributed by atoms with Crippen LogP contribution in [0.1, 0.15) is 66.0 Å². The van der Waals surface area contributed by atoms with Crippen LogP contribution in [-0.4, -0.2) is 41.1 Å². The lowest BCUT2D eigenvalue weighted by Crippen LogP contribution is -2.48. The minimum Gasteiger partial charge on any atom is -0.483 e. The first kappa shape index (κ1) is 26.0. The SMILES string of the molecule is CC1(N)CCN(c2nc(SC(C(N)=O)c3ccccc3)c(C#N)c(C3CC3)c2C#N)CC1.O=CO. The number of hydrogen-bond acceptors (Lipinski definition) is 8. The van der Waals surface area contributed by atoms with E-state index in [1.54, 1.807) is 0 Å². The van der Waals surface area contributed by atoms with Crippen LogP contribution in [0.3, 0.4) is 0 Å². The van der Waals surface area contributed by atoms with Crippen molar-refractivity contribution in [3.63, 3.8) is 0 Å². The Kier molecular flexibility index (Phi) is 8.34. The fourth-order valence-corrected chi connectivity index (χ4v) is 5.19. The Morgan fingerprint density at radius 3 is 2.29 bits per heavy atom. The van der Waals surface area contributed by atoms with Crippen molar-refractivity contribution in [3.8, 4) is 12.1 Å². The molecule has 1 atom stereocenters. The van der Waals surface area contributed by atoms with E-state index < -0.39 is 11.2 Å². The second-order valence-corrected chi connectivity index (χ2v) is 10.1. The number of nitriles is 2. The monoisotopic (exact) mass is 492 g/mol. The smallest absolute Gasteiger partial charge is 0.290 e. The van der Waals surface area contributed by atoms with Crippen LogP contribution in [0.5, 0.6) is 0 Å². The molecule has 2 aromatic rings. The van der Waals surface area contributed by atoms with Gasteiger partial charge in [0.05, 0.1) is 11.1 Å². The van der Waals surface area contributed by atoms with E-state index in [4.69, 9.17) is 26.4 Å². The van der Waals surface area contributed by atoms with Gasteiger partial charge in [-0.2, -0.15) is 10.5 Å². The van der Waals surface area contributed by atoms with Gasteiger partial charge in [0.25, 0.3) is 6.47 Å². The Hall–Kier alpha value is -3.60. The number of aromatic nitrogens is 1. The molecule has 1 amide bonds. The van der Waals surface area contributed by atoms with Gasteiger partial charge in [-0.3, -0.25) is 9.59 Å². The number of thioether (sulfide) groups is 1. The number of carboxylic acid groups (broad SMARTS) is 1. The molecule has 1 saturated carbocycles. The van der Waals surface area contributed by atoms with E-state index in [1.165, 1.54) is 11.8 Å². The van der Waals surface area contributed by atoms with Crippen molar-refractivity contribution in [2.45, 2.75) is 54.3 Å². The largest absolute Gasteiger partial charge is 0.483 e. The van der Waals surface area contributed by atoms with Crippen molar-refractivity contribution in [1.82, 2.24) is 4.98 Å². The summed E-state index contributed by atoms with van der Waals surface area (Å²) in [7, 11) is 0. The molecule has 2 heterocycles. The first-order valence-corrected chi connectivity index (χ1v) is 12.1. The molecular formula is C25H28N6O3S. The zero-order valence-corrected chi connectivity index (χ0v) is 20.3. The number of benzene rings is 1. The number of piperidine rings is 1. The molecule has 0 spiro atoms. The molecule has 2 fully saturated rings. The average Bonchev–Trinajstić information content (AvgIpc) is 3.67. The van der Waals surface area contributed by atoms with E-state index >= 15 is 0 Å². The fourth-order valence-electron chi connectivity index (χ4n) is 4.14. The number of amides is 1. The van der Waals surface area contributed by atoms with E-state index in [1.807, 2.05) is 37.3 Å². The zero-order chi connectivity index (χ0) is 25.6. The second kappa shape index (κ2) is 11.2. The third-order valence-electron chi connectivity index (χ3n) is 6.19. The van der Waals surface area contributed by atoms with Crippen molar-refractivity contribution in [2.75, 3.05) is 18.0 Å². The molecule has 1 aliphatic carbocycles. The highest BCUT2D eigenvalue weighted by Gasteiger charge is 2.36. The number of primary amides is 1. The van der Waals surface area contributed by atoms with Crippen LogP contribution >= 0.6 is 11.8 Å². The maximum Gasteiger partial charge on any atom is 0.290 e. The van der Waals surface area contributed by atoms with Gasteiger partial charge in [-0.1, -0.05) is 42.1 Å². The molecule has 4 rings (SSSR count). The van der Waals surface area contributed by atoms with Gasteiger partial charge in [-0.25, -0.2) is 4.98 Å². The Labute approximate surface area is 208 Å². The van der Waals surface area contributed by atoms with E-state index in [0.29, 0.717) is 35.1 Å². The quantitative estimate of drug-likeness (QED) is 0.405. The van der Waals surface area contributed by atoms with E-state index in [9.17, 15) is 15.3 Å². The lowest BCUT2D eigenvalue weighted by molar-refractivity contribution is -0.123. The van der Waals surface area contributed by atoms with Crippen LogP contribution in [0.15, 0.2) is 35.4 Å².